The summed E-state index contributed by atoms with van der Waals surface area (Å²) < 4.78 is 4.82. The first-order valence-electron chi connectivity index (χ1n) is 6.62. The third-order valence-corrected chi connectivity index (χ3v) is 3.77. The van der Waals surface area contributed by atoms with Gasteiger partial charge < -0.3 is 9.64 Å². The van der Waals surface area contributed by atoms with Crippen LogP contribution in [0.1, 0.15) is 21.6 Å². The zero-order chi connectivity index (χ0) is 16.1. The van der Waals surface area contributed by atoms with E-state index in [1.807, 2.05) is 43.4 Å². The SMILES string of the molecule is COC(=O)c1cc(C=NNc2nc(C)cs2)ccc1N(C)C. The van der Waals surface area contributed by atoms with Crippen molar-refractivity contribution >= 4 is 34.3 Å². The lowest BCUT2D eigenvalue weighted by Crippen LogP contribution is -2.15. The molecule has 0 aliphatic heterocycles. The first-order valence-corrected chi connectivity index (χ1v) is 7.50. The summed E-state index contributed by atoms with van der Waals surface area (Å²) in [6, 6.07) is 5.50. The Hall–Kier alpha value is -2.41. The summed E-state index contributed by atoms with van der Waals surface area (Å²) in [6.07, 6.45) is 1.64. The molecule has 0 saturated heterocycles. The lowest BCUT2D eigenvalue weighted by Gasteiger charge is -2.16. The van der Waals surface area contributed by atoms with Crippen LogP contribution in [0.15, 0.2) is 28.7 Å². The highest BCUT2D eigenvalue weighted by molar-refractivity contribution is 7.13. The van der Waals surface area contributed by atoms with Crippen LogP contribution in [-0.4, -0.2) is 38.4 Å². The largest absolute Gasteiger partial charge is 0.465 e. The molecule has 0 aliphatic carbocycles. The van der Waals surface area contributed by atoms with E-state index in [-0.39, 0.29) is 5.97 Å². The van der Waals surface area contributed by atoms with E-state index < -0.39 is 0 Å². The Morgan fingerprint density at radius 3 is 2.82 bits per heavy atom. The average Bonchev–Trinajstić information content (AvgIpc) is 2.91. The van der Waals surface area contributed by atoms with Crippen LogP contribution in [0.5, 0.6) is 0 Å². The molecule has 116 valence electrons. The van der Waals surface area contributed by atoms with Crippen molar-refractivity contribution < 1.29 is 9.53 Å². The van der Waals surface area contributed by atoms with Crippen LogP contribution in [0.2, 0.25) is 0 Å². The van der Waals surface area contributed by atoms with E-state index in [9.17, 15) is 4.79 Å². The average molecular weight is 318 g/mol. The van der Waals surface area contributed by atoms with Gasteiger partial charge in [-0.25, -0.2) is 9.78 Å². The lowest BCUT2D eigenvalue weighted by molar-refractivity contribution is 0.0601. The summed E-state index contributed by atoms with van der Waals surface area (Å²) in [4.78, 5) is 18.0. The first-order chi connectivity index (χ1) is 10.5. The third kappa shape index (κ3) is 3.82. The number of nitrogens with one attached hydrogen (secondary N) is 1. The summed E-state index contributed by atoms with van der Waals surface area (Å²) in [5.41, 5.74) is 5.91. The highest BCUT2D eigenvalue weighted by Crippen LogP contribution is 2.20. The molecule has 0 saturated carbocycles. The molecular weight excluding hydrogens is 300 g/mol. The fraction of sp³-hybridized carbons (Fsp3) is 0.267. The second-order valence-corrected chi connectivity index (χ2v) is 5.68. The molecule has 0 aliphatic rings. The number of aryl methyl sites for hydroxylation is 1. The monoisotopic (exact) mass is 318 g/mol. The molecule has 0 unspecified atom stereocenters. The number of carbonyl (C=O) groups is 1. The van der Waals surface area contributed by atoms with Crippen LogP contribution in [0.3, 0.4) is 0 Å². The van der Waals surface area contributed by atoms with Crippen LogP contribution >= 0.6 is 11.3 Å². The number of hydrazone groups is 1. The van der Waals surface area contributed by atoms with Crippen molar-refractivity contribution in [1.29, 1.82) is 0 Å². The van der Waals surface area contributed by atoms with Gasteiger partial charge in [-0.3, -0.25) is 5.43 Å². The Morgan fingerprint density at radius 1 is 1.45 bits per heavy atom. The van der Waals surface area contributed by atoms with Crippen LogP contribution in [0, 0.1) is 6.92 Å². The zero-order valence-corrected chi connectivity index (χ0v) is 13.8. The highest BCUT2D eigenvalue weighted by atomic mass is 32.1. The number of benzene rings is 1. The van der Waals surface area contributed by atoms with Crippen molar-refractivity contribution in [1.82, 2.24) is 4.98 Å². The van der Waals surface area contributed by atoms with Gasteiger partial charge in [0.1, 0.15) is 0 Å². The van der Waals surface area contributed by atoms with Gasteiger partial charge in [0.25, 0.3) is 0 Å². The maximum atomic E-state index is 11.9. The standard InChI is InChI=1S/C15H18N4O2S/c1-10-9-22-15(17-10)18-16-8-11-5-6-13(19(2)3)12(7-11)14(20)21-4/h5-9H,1-4H3,(H,17,18). The molecule has 0 amide bonds. The van der Waals surface area contributed by atoms with Crippen molar-refractivity contribution in [3.63, 3.8) is 0 Å². The summed E-state index contributed by atoms with van der Waals surface area (Å²) >= 11 is 1.49. The molecule has 6 nitrogen and oxygen atoms in total. The lowest BCUT2D eigenvalue weighted by atomic mass is 10.1. The van der Waals surface area contributed by atoms with Crippen molar-refractivity contribution in [2.45, 2.75) is 6.92 Å². The molecular formula is C15H18N4O2S. The number of ether oxygens (including phenoxy) is 1. The summed E-state index contributed by atoms with van der Waals surface area (Å²) in [5, 5.41) is 6.81. The zero-order valence-electron chi connectivity index (χ0n) is 13.0. The second-order valence-electron chi connectivity index (χ2n) is 4.83. The normalized spacial score (nSPS) is 10.7. The molecule has 1 heterocycles. The number of hydrogen-bond acceptors (Lipinski definition) is 7. The predicted molar refractivity (Wildman–Crippen MR) is 90.2 cm³/mol. The molecule has 0 atom stereocenters. The van der Waals surface area contributed by atoms with Gasteiger partial charge in [-0.1, -0.05) is 6.07 Å². The fourth-order valence-electron chi connectivity index (χ4n) is 1.86. The van der Waals surface area contributed by atoms with Crippen molar-refractivity contribution in [3.05, 3.63) is 40.4 Å². The van der Waals surface area contributed by atoms with Gasteiger partial charge in [0.15, 0.2) is 0 Å². The van der Waals surface area contributed by atoms with E-state index in [4.69, 9.17) is 4.74 Å². The van der Waals surface area contributed by atoms with E-state index in [2.05, 4.69) is 15.5 Å². The van der Waals surface area contributed by atoms with Crippen molar-refractivity contribution in [2.75, 3.05) is 31.5 Å². The molecule has 0 bridgehead atoms. The number of esters is 1. The van der Waals surface area contributed by atoms with Crippen LogP contribution in [0.25, 0.3) is 0 Å². The fourth-order valence-corrected chi connectivity index (χ4v) is 2.50. The molecule has 7 heteroatoms. The molecule has 22 heavy (non-hydrogen) atoms. The summed E-state index contributed by atoms with van der Waals surface area (Å²) in [5.74, 6) is -0.373. The minimum Gasteiger partial charge on any atom is -0.465 e. The molecule has 2 rings (SSSR count). The number of carbonyl (C=O) groups excluding carboxylic acids is 1. The number of methoxy groups -OCH3 is 1. The molecule has 2 aromatic rings. The predicted octanol–water partition coefficient (Wildman–Crippen LogP) is 2.75. The van der Waals surface area contributed by atoms with Crippen LogP contribution in [0.4, 0.5) is 10.8 Å². The number of thiazole rings is 1. The van der Waals surface area contributed by atoms with E-state index >= 15 is 0 Å². The van der Waals surface area contributed by atoms with E-state index in [0.29, 0.717) is 5.56 Å². The Labute approximate surface area is 133 Å². The quantitative estimate of drug-likeness (QED) is 0.521. The Morgan fingerprint density at radius 2 is 2.23 bits per heavy atom. The maximum Gasteiger partial charge on any atom is 0.339 e. The molecule has 0 fully saturated rings. The molecule has 0 spiro atoms. The van der Waals surface area contributed by atoms with Gasteiger partial charge in [-0.15, -0.1) is 11.3 Å². The van der Waals surface area contributed by atoms with Crippen LogP contribution in [-0.2, 0) is 4.74 Å². The third-order valence-electron chi connectivity index (χ3n) is 2.90. The minimum atomic E-state index is -0.373. The summed E-state index contributed by atoms with van der Waals surface area (Å²) in [7, 11) is 5.12. The summed E-state index contributed by atoms with van der Waals surface area (Å²) in [6.45, 7) is 1.92. The first kappa shape index (κ1) is 16.0. The number of rotatable bonds is 5. The van der Waals surface area contributed by atoms with E-state index in [1.165, 1.54) is 18.4 Å². The van der Waals surface area contributed by atoms with Gasteiger partial charge in [0, 0.05) is 19.5 Å². The molecule has 1 aromatic carbocycles. The number of anilines is 2. The number of aromatic nitrogens is 1. The topological polar surface area (TPSA) is 66.8 Å². The van der Waals surface area contributed by atoms with E-state index in [0.717, 1.165) is 22.1 Å². The maximum absolute atomic E-state index is 11.9. The molecule has 1 aromatic heterocycles. The van der Waals surface area contributed by atoms with E-state index in [1.54, 1.807) is 12.3 Å². The number of hydrogen-bond donors (Lipinski definition) is 1. The second kappa shape index (κ2) is 7.04. The minimum absolute atomic E-state index is 0.373. The van der Waals surface area contributed by atoms with Gasteiger partial charge >= 0.3 is 5.97 Å². The number of nitrogens with zero attached hydrogens (tertiary/aromatic N) is 3. The Kier molecular flexibility index (Phi) is 5.11. The highest BCUT2D eigenvalue weighted by Gasteiger charge is 2.13. The Balaban J connectivity index is 2.19. The van der Waals surface area contributed by atoms with Crippen molar-refractivity contribution in [3.8, 4) is 0 Å². The molecule has 1 N–H and O–H groups in total. The van der Waals surface area contributed by atoms with Gasteiger partial charge in [-0.05, 0) is 24.6 Å². The van der Waals surface area contributed by atoms with Gasteiger partial charge in [0.2, 0.25) is 5.13 Å². The van der Waals surface area contributed by atoms with Gasteiger partial charge in [0.05, 0.1) is 30.3 Å². The Bertz CT molecular complexity index is 695. The van der Waals surface area contributed by atoms with Crippen molar-refractivity contribution in [2.24, 2.45) is 5.10 Å². The smallest absolute Gasteiger partial charge is 0.339 e. The van der Waals surface area contributed by atoms with Crippen LogP contribution < -0.4 is 10.3 Å². The molecule has 0 radical (unpaired) electrons. The van der Waals surface area contributed by atoms with Gasteiger partial charge in [-0.2, -0.15) is 5.10 Å².